The zero-order valence-corrected chi connectivity index (χ0v) is 15.1. The van der Waals surface area contributed by atoms with Crippen LogP contribution in [0.15, 0.2) is 4.99 Å². The first-order valence-corrected chi connectivity index (χ1v) is 9.00. The predicted molar refractivity (Wildman–Crippen MR) is 94.6 cm³/mol. The highest BCUT2D eigenvalue weighted by atomic mass is 32.1. The third-order valence-corrected chi connectivity index (χ3v) is 5.17. The first kappa shape index (κ1) is 17.2. The molecule has 0 aromatic carbocycles. The van der Waals surface area contributed by atoms with E-state index < -0.39 is 0 Å². The van der Waals surface area contributed by atoms with Crippen LogP contribution in [0.5, 0.6) is 0 Å². The van der Waals surface area contributed by atoms with Crippen LogP contribution < -0.4 is 10.6 Å². The second-order valence-electron chi connectivity index (χ2n) is 6.14. The molecular formula is C16H29N5S. The summed E-state index contributed by atoms with van der Waals surface area (Å²) >= 11 is 1.75. The number of thiazole rings is 1. The maximum Gasteiger partial charge on any atom is 0.191 e. The summed E-state index contributed by atoms with van der Waals surface area (Å²) in [5, 5.41) is 7.91. The molecule has 1 fully saturated rings. The Morgan fingerprint density at radius 3 is 2.86 bits per heavy atom. The van der Waals surface area contributed by atoms with Gasteiger partial charge in [-0.05, 0) is 39.2 Å². The van der Waals surface area contributed by atoms with Crippen LogP contribution in [0.1, 0.15) is 35.3 Å². The summed E-state index contributed by atoms with van der Waals surface area (Å²) in [6.45, 7) is 11.7. The molecule has 1 atom stereocenters. The average molecular weight is 324 g/mol. The lowest BCUT2D eigenvalue weighted by Crippen LogP contribution is -2.43. The third kappa shape index (κ3) is 5.25. The lowest BCUT2D eigenvalue weighted by atomic mass is 10.0. The molecule has 2 N–H and O–H groups in total. The van der Waals surface area contributed by atoms with Gasteiger partial charge in [-0.15, -0.1) is 11.3 Å². The molecule has 5 nitrogen and oxygen atoms in total. The molecular weight excluding hydrogens is 294 g/mol. The molecule has 0 aliphatic carbocycles. The van der Waals surface area contributed by atoms with Crippen molar-refractivity contribution in [2.45, 2.75) is 40.2 Å². The minimum absolute atomic E-state index is 0.789. The van der Waals surface area contributed by atoms with Gasteiger partial charge in [-0.3, -0.25) is 4.99 Å². The summed E-state index contributed by atoms with van der Waals surface area (Å²) in [5.41, 5.74) is 1.12. The van der Waals surface area contributed by atoms with Gasteiger partial charge in [0.2, 0.25) is 0 Å². The van der Waals surface area contributed by atoms with Gasteiger partial charge in [-0.2, -0.15) is 0 Å². The smallest absolute Gasteiger partial charge is 0.191 e. The Hall–Kier alpha value is -1.14. The Morgan fingerprint density at radius 1 is 1.41 bits per heavy atom. The fourth-order valence-electron chi connectivity index (χ4n) is 2.94. The van der Waals surface area contributed by atoms with Crippen molar-refractivity contribution in [1.29, 1.82) is 0 Å². The standard InChI is InChI=1S/C16H29N5S/c1-12-6-5-8-21(11-12)9-7-18-16(17-4)19-10-15-13(2)20-14(3)22-15/h12H,5-11H2,1-4H3,(H2,17,18,19). The molecule has 0 saturated carbocycles. The molecule has 2 heterocycles. The topological polar surface area (TPSA) is 52.6 Å². The number of guanidine groups is 1. The van der Waals surface area contributed by atoms with E-state index >= 15 is 0 Å². The van der Waals surface area contributed by atoms with Gasteiger partial charge in [0.15, 0.2) is 5.96 Å². The summed E-state index contributed by atoms with van der Waals surface area (Å²) in [6.07, 6.45) is 2.71. The van der Waals surface area contributed by atoms with Crippen LogP contribution in [-0.4, -0.2) is 49.1 Å². The van der Waals surface area contributed by atoms with Crippen molar-refractivity contribution in [2.75, 3.05) is 33.2 Å². The number of rotatable bonds is 5. The molecule has 1 unspecified atom stereocenters. The van der Waals surface area contributed by atoms with Crippen LogP contribution >= 0.6 is 11.3 Å². The number of aliphatic imine (C=N–C) groups is 1. The molecule has 1 saturated heterocycles. The van der Waals surface area contributed by atoms with E-state index in [4.69, 9.17) is 0 Å². The van der Waals surface area contributed by atoms with Crippen molar-refractivity contribution in [3.8, 4) is 0 Å². The Morgan fingerprint density at radius 2 is 2.23 bits per heavy atom. The largest absolute Gasteiger partial charge is 0.355 e. The summed E-state index contributed by atoms with van der Waals surface area (Å²) in [4.78, 5) is 12.6. The van der Waals surface area contributed by atoms with Crippen molar-refractivity contribution >= 4 is 17.3 Å². The summed E-state index contributed by atoms with van der Waals surface area (Å²) in [6, 6.07) is 0. The Balaban J connectivity index is 1.70. The number of likely N-dealkylation sites (tertiary alicyclic amines) is 1. The highest BCUT2D eigenvalue weighted by Gasteiger charge is 2.15. The second kappa shape index (κ2) is 8.48. The van der Waals surface area contributed by atoms with Gasteiger partial charge in [0.25, 0.3) is 0 Å². The van der Waals surface area contributed by atoms with Crippen LogP contribution in [0.2, 0.25) is 0 Å². The van der Waals surface area contributed by atoms with Crippen LogP contribution in [0.25, 0.3) is 0 Å². The summed E-state index contributed by atoms with van der Waals surface area (Å²) < 4.78 is 0. The lowest BCUT2D eigenvalue weighted by molar-refractivity contribution is 0.187. The summed E-state index contributed by atoms with van der Waals surface area (Å²) in [5.74, 6) is 1.71. The number of nitrogens with zero attached hydrogens (tertiary/aromatic N) is 3. The van der Waals surface area contributed by atoms with Gasteiger partial charge in [0.1, 0.15) is 0 Å². The number of piperidine rings is 1. The van der Waals surface area contributed by atoms with Crippen molar-refractivity contribution < 1.29 is 0 Å². The quantitative estimate of drug-likeness (QED) is 0.644. The molecule has 0 radical (unpaired) electrons. The first-order valence-electron chi connectivity index (χ1n) is 8.18. The Kier molecular flexibility index (Phi) is 6.64. The fourth-order valence-corrected chi connectivity index (χ4v) is 3.82. The van der Waals surface area contributed by atoms with Crippen molar-refractivity contribution in [2.24, 2.45) is 10.9 Å². The minimum Gasteiger partial charge on any atom is -0.355 e. The number of aryl methyl sites for hydroxylation is 2. The van der Waals surface area contributed by atoms with E-state index in [0.717, 1.165) is 42.2 Å². The van der Waals surface area contributed by atoms with E-state index in [9.17, 15) is 0 Å². The Bertz CT molecular complexity index is 497. The molecule has 1 aliphatic rings. The van der Waals surface area contributed by atoms with Gasteiger partial charge >= 0.3 is 0 Å². The van der Waals surface area contributed by atoms with Gasteiger partial charge in [0.05, 0.1) is 17.2 Å². The third-order valence-electron chi connectivity index (χ3n) is 4.10. The maximum atomic E-state index is 4.46. The fraction of sp³-hybridized carbons (Fsp3) is 0.750. The molecule has 1 aromatic heterocycles. The summed E-state index contributed by atoms with van der Waals surface area (Å²) in [7, 11) is 1.82. The number of aromatic nitrogens is 1. The Labute approximate surface area is 138 Å². The van der Waals surface area contributed by atoms with Crippen LogP contribution in [0.4, 0.5) is 0 Å². The molecule has 22 heavy (non-hydrogen) atoms. The van der Waals surface area contributed by atoms with E-state index in [-0.39, 0.29) is 0 Å². The van der Waals surface area contributed by atoms with Gasteiger partial charge in [-0.25, -0.2) is 4.98 Å². The average Bonchev–Trinajstić information content (AvgIpc) is 2.80. The normalized spacial score (nSPS) is 20.2. The number of hydrogen-bond acceptors (Lipinski definition) is 4. The molecule has 0 bridgehead atoms. The zero-order valence-electron chi connectivity index (χ0n) is 14.3. The maximum absolute atomic E-state index is 4.46. The van der Waals surface area contributed by atoms with Gasteiger partial charge in [0, 0.05) is 31.6 Å². The van der Waals surface area contributed by atoms with Crippen molar-refractivity contribution in [3.05, 3.63) is 15.6 Å². The molecule has 1 aromatic rings. The lowest BCUT2D eigenvalue weighted by Gasteiger charge is -2.30. The zero-order chi connectivity index (χ0) is 15.9. The molecule has 6 heteroatoms. The van der Waals surface area contributed by atoms with Crippen molar-refractivity contribution in [3.63, 3.8) is 0 Å². The molecule has 1 aliphatic heterocycles. The predicted octanol–water partition coefficient (Wildman–Crippen LogP) is 2.16. The molecule has 0 spiro atoms. The first-order chi connectivity index (χ1) is 10.6. The second-order valence-corrected chi connectivity index (χ2v) is 7.43. The monoisotopic (exact) mass is 323 g/mol. The number of hydrogen-bond donors (Lipinski definition) is 2. The van der Waals surface area contributed by atoms with E-state index in [0.29, 0.717) is 0 Å². The highest BCUT2D eigenvalue weighted by molar-refractivity contribution is 7.11. The van der Waals surface area contributed by atoms with E-state index in [1.54, 1.807) is 11.3 Å². The van der Waals surface area contributed by atoms with Crippen LogP contribution in [-0.2, 0) is 6.54 Å². The van der Waals surface area contributed by atoms with E-state index in [2.05, 4.69) is 39.4 Å². The van der Waals surface area contributed by atoms with Crippen LogP contribution in [0.3, 0.4) is 0 Å². The van der Waals surface area contributed by atoms with Gasteiger partial charge in [-0.1, -0.05) is 6.92 Å². The SMILES string of the molecule is CN=C(NCCN1CCCC(C)C1)NCc1sc(C)nc1C. The molecule has 2 rings (SSSR count). The number of nitrogens with one attached hydrogen (secondary N) is 2. The molecule has 0 amide bonds. The van der Waals surface area contributed by atoms with E-state index in [1.807, 2.05) is 14.0 Å². The van der Waals surface area contributed by atoms with E-state index in [1.165, 1.54) is 30.8 Å². The van der Waals surface area contributed by atoms with Crippen LogP contribution in [0, 0.1) is 19.8 Å². The minimum atomic E-state index is 0.789. The van der Waals surface area contributed by atoms with Crippen molar-refractivity contribution in [1.82, 2.24) is 20.5 Å². The van der Waals surface area contributed by atoms with Gasteiger partial charge < -0.3 is 15.5 Å². The highest BCUT2D eigenvalue weighted by Crippen LogP contribution is 2.16. The molecule has 124 valence electrons.